The summed E-state index contributed by atoms with van der Waals surface area (Å²) in [6.07, 6.45) is 0. The van der Waals surface area contributed by atoms with Gasteiger partial charge in [-0.25, -0.2) is 4.79 Å². The number of carbonyl (C=O) groups excluding carboxylic acids is 1. The number of nitrogens with zero attached hydrogens (tertiary/aromatic N) is 1. The third-order valence-electron chi connectivity index (χ3n) is 3.17. The molecule has 0 bridgehead atoms. The minimum atomic E-state index is -0.326. The molecule has 4 heteroatoms. The van der Waals surface area contributed by atoms with Crippen molar-refractivity contribution in [3.05, 3.63) is 58.1 Å². The van der Waals surface area contributed by atoms with E-state index in [9.17, 15) is 4.79 Å². The van der Waals surface area contributed by atoms with Crippen molar-refractivity contribution in [2.45, 2.75) is 6.92 Å². The van der Waals surface area contributed by atoms with E-state index in [2.05, 4.69) is 28.9 Å². The molecule has 104 valence electrons. The SMILES string of the molecule is COC(=O)c1cccc(N(C)c2ccc(Br)cc2C)c1. The Morgan fingerprint density at radius 1 is 1.20 bits per heavy atom. The second-order valence-electron chi connectivity index (χ2n) is 4.53. The van der Waals surface area contributed by atoms with Crippen LogP contribution in [-0.2, 0) is 4.74 Å². The molecule has 0 aliphatic rings. The van der Waals surface area contributed by atoms with Gasteiger partial charge in [0.15, 0.2) is 0 Å². The van der Waals surface area contributed by atoms with Crippen molar-refractivity contribution in [2.24, 2.45) is 0 Å². The summed E-state index contributed by atoms with van der Waals surface area (Å²) in [5.41, 5.74) is 3.74. The van der Waals surface area contributed by atoms with Gasteiger partial charge in [0.2, 0.25) is 0 Å². The van der Waals surface area contributed by atoms with Gasteiger partial charge in [0, 0.05) is 22.9 Å². The lowest BCUT2D eigenvalue weighted by atomic mass is 10.1. The second-order valence-corrected chi connectivity index (χ2v) is 5.45. The molecule has 0 unspecified atom stereocenters. The number of rotatable bonds is 3. The molecule has 2 aromatic carbocycles. The standard InChI is InChI=1S/C16H16BrNO2/c1-11-9-13(17)7-8-15(11)18(2)14-6-4-5-12(10-14)16(19)20-3/h4-10H,1-3H3. The molecule has 2 rings (SSSR count). The Labute approximate surface area is 127 Å². The molecule has 0 aromatic heterocycles. The van der Waals surface area contributed by atoms with E-state index in [1.807, 2.05) is 42.3 Å². The maximum absolute atomic E-state index is 11.6. The van der Waals surface area contributed by atoms with Gasteiger partial charge in [-0.2, -0.15) is 0 Å². The normalized spacial score (nSPS) is 10.2. The number of ether oxygens (including phenoxy) is 1. The summed E-state index contributed by atoms with van der Waals surface area (Å²) in [6.45, 7) is 2.06. The quantitative estimate of drug-likeness (QED) is 0.784. The first kappa shape index (κ1) is 14.6. The Balaban J connectivity index is 2.38. The van der Waals surface area contributed by atoms with E-state index in [-0.39, 0.29) is 5.97 Å². The molecule has 0 saturated heterocycles. The summed E-state index contributed by atoms with van der Waals surface area (Å²) in [4.78, 5) is 13.6. The zero-order chi connectivity index (χ0) is 14.7. The predicted octanol–water partition coefficient (Wildman–Crippen LogP) is 4.31. The third-order valence-corrected chi connectivity index (χ3v) is 3.67. The first-order chi connectivity index (χ1) is 9.52. The van der Waals surface area contributed by atoms with Crippen molar-refractivity contribution in [2.75, 3.05) is 19.1 Å². The smallest absolute Gasteiger partial charge is 0.337 e. The highest BCUT2D eigenvalue weighted by Crippen LogP contribution is 2.29. The van der Waals surface area contributed by atoms with Crippen LogP contribution in [0.3, 0.4) is 0 Å². The van der Waals surface area contributed by atoms with E-state index in [0.717, 1.165) is 21.4 Å². The van der Waals surface area contributed by atoms with E-state index in [0.29, 0.717) is 5.56 Å². The zero-order valence-corrected chi connectivity index (χ0v) is 13.3. The number of halogens is 1. The number of hydrogen-bond acceptors (Lipinski definition) is 3. The molecule has 0 spiro atoms. The van der Waals surface area contributed by atoms with Crippen LogP contribution in [0.2, 0.25) is 0 Å². The molecule has 0 radical (unpaired) electrons. The summed E-state index contributed by atoms with van der Waals surface area (Å²) < 4.78 is 5.80. The molecule has 0 aliphatic carbocycles. The van der Waals surface area contributed by atoms with Crippen LogP contribution in [0.1, 0.15) is 15.9 Å². The number of methoxy groups -OCH3 is 1. The highest BCUT2D eigenvalue weighted by molar-refractivity contribution is 9.10. The lowest BCUT2D eigenvalue weighted by Gasteiger charge is -2.22. The van der Waals surface area contributed by atoms with Crippen LogP contribution in [-0.4, -0.2) is 20.1 Å². The van der Waals surface area contributed by atoms with Crippen molar-refractivity contribution < 1.29 is 9.53 Å². The highest BCUT2D eigenvalue weighted by atomic mass is 79.9. The Kier molecular flexibility index (Phi) is 4.45. The second kappa shape index (κ2) is 6.09. The van der Waals surface area contributed by atoms with Gasteiger partial charge in [0.1, 0.15) is 0 Å². The van der Waals surface area contributed by atoms with Crippen LogP contribution >= 0.6 is 15.9 Å². The Morgan fingerprint density at radius 2 is 1.95 bits per heavy atom. The molecule has 0 fully saturated rings. The topological polar surface area (TPSA) is 29.5 Å². The fourth-order valence-electron chi connectivity index (χ4n) is 2.09. The molecular formula is C16H16BrNO2. The van der Waals surface area contributed by atoms with E-state index in [1.54, 1.807) is 6.07 Å². The fraction of sp³-hybridized carbons (Fsp3) is 0.188. The van der Waals surface area contributed by atoms with Crippen molar-refractivity contribution in [1.29, 1.82) is 0 Å². The van der Waals surface area contributed by atoms with Gasteiger partial charge in [0.05, 0.1) is 12.7 Å². The van der Waals surface area contributed by atoms with Crippen LogP contribution in [0, 0.1) is 6.92 Å². The minimum absolute atomic E-state index is 0.326. The summed E-state index contributed by atoms with van der Waals surface area (Å²) >= 11 is 3.46. The van der Waals surface area contributed by atoms with E-state index < -0.39 is 0 Å². The molecule has 0 aliphatic heterocycles. The lowest BCUT2D eigenvalue weighted by molar-refractivity contribution is 0.0601. The van der Waals surface area contributed by atoms with Crippen molar-refractivity contribution in [3.63, 3.8) is 0 Å². The number of anilines is 2. The van der Waals surface area contributed by atoms with E-state index in [1.165, 1.54) is 7.11 Å². The first-order valence-electron chi connectivity index (χ1n) is 6.21. The lowest BCUT2D eigenvalue weighted by Crippen LogP contribution is -2.12. The molecular weight excluding hydrogens is 318 g/mol. The molecule has 2 aromatic rings. The Morgan fingerprint density at radius 3 is 2.60 bits per heavy atom. The van der Waals surface area contributed by atoms with Gasteiger partial charge in [-0.3, -0.25) is 0 Å². The van der Waals surface area contributed by atoms with Gasteiger partial charge < -0.3 is 9.64 Å². The van der Waals surface area contributed by atoms with Crippen LogP contribution in [0.15, 0.2) is 46.9 Å². The Bertz CT molecular complexity index is 640. The summed E-state index contributed by atoms with van der Waals surface area (Å²) in [5, 5.41) is 0. The molecule has 0 amide bonds. The maximum Gasteiger partial charge on any atom is 0.337 e. The number of esters is 1. The van der Waals surface area contributed by atoms with Gasteiger partial charge in [-0.1, -0.05) is 22.0 Å². The van der Waals surface area contributed by atoms with Crippen LogP contribution in [0.5, 0.6) is 0 Å². The van der Waals surface area contributed by atoms with Gasteiger partial charge in [0.25, 0.3) is 0 Å². The van der Waals surface area contributed by atoms with Crippen LogP contribution in [0.4, 0.5) is 11.4 Å². The number of benzene rings is 2. The van der Waals surface area contributed by atoms with Crippen molar-refractivity contribution >= 4 is 33.3 Å². The Hall–Kier alpha value is -1.81. The third kappa shape index (κ3) is 3.02. The molecule has 0 N–H and O–H groups in total. The molecule has 20 heavy (non-hydrogen) atoms. The molecule has 0 heterocycles. The molecule has 0 atom stereocenters. The van der Waals surface area contributed by atoms with Crippen molar-refractivity contribution in [1.82, 2.24) is 0 Å². The van der Waals surface area contributed by atoms with Crippen molar-refractivity contribution in [3.8, 4) is 0 Å². The van der Waals surface area contributed by atoms with E-state index in [4.69, 9.17) is 4.74 Å². The first-order valence-corrected chi connectivity index (χ1v) is 7.00. The van der Waals surface area contributed by atoms with Gasteiger partial charge in [-0.15, -0.1) is 0 Å². The number of carbonyl (C=O) groups is 1. The number of hydrogen-bond donors (Lipinski definition) is 0. The van der Waals surface area contributed by atoms with Gasteiger partial charge >= 0.3 is 5.97 Å². The molecule has 3 nitrogen and oxygen atoms in total. The number of aryl methyl sites for hydroxylation is 1. The largest absolute Gasteiger partial charge is 0.465 e. The molecule has 0 saturated carbocycles. The average Bonchev–Trinajstić information content (AvgIpc) is 2.46. The monoisotopic (exact) mass is 333 g/mol. The summed E-state index contributed by atoms with van der Waals surface area (Å²) in [6, 6.07) is 13.5. The maximum atomic E-state index is 11.6. The van der Waals surface area contributed by atoms with Gasteiger partial charge in [-0.05, 0) is 48.9 Å². The highest BCUT2D eigenvalue weighted by Gasteiger charge is 2.10. The summed E-state index contributed by atoms with van der Waals surface area (Å²) in [5.74, 6) is -0.326. The predicted molar refractivity (Wildman–Crippen MR) is 84.7 cm³/mol. The average molecular weight is 334 g/mol. The van der Waals surface area contributed by atoms with E-state index >= 15 is 0 Å². The van der Waals surface area contributed by atoms with Crippen LogP contribution in [0.25, 0.3) is 0 Å². The van der Waals surface area contributed by atoms with Crippen LogP contribution < -0.4 is 4.90 Å². The minimum Gasteiger partial charge on any atom is -0.465 e. The fourth-order valence-corrected chi connectivity index (χ4v) is 2.57. The zero-order valence-electron chi connectivity index (χ0n) is 11.7. The summed E-state index contributed by atoms with van der Waals surface area (Å²) in [7, 11) is 3.37.